The average molecular weight is 318 g/mol. The van der Waals surface area contributed by atoms with Gasteiger partial charge in [0.15, 0.2) is 6.61 Å². The van der Waals surface area contributed by atoms with E-state index in [-0.39, 0.29) is 12.2 Å². The molecule has 0 unspecified atom stereocenters. The summed E-state index contributed by atoms with van der Waals surface area (Å²) < 4.78 is 4.97. The lowest BCUT2D eigenvalue weighted by Gasteiger charge is -2.09. The van der Waals surface area contributed by atoms with Gasteiger partial charge in [-0.1, -0.05) is 29.8 Å². The van der Waals surface area contributed by atoms with Crippen LogP contribution in [0.25, 0.3) is 0 Å². The average Bonchev–Trinajstić information content (AvgIpc) is 2.44. The highest BCUT2D eigenvalue weighted by atomic mass is 35.5. The molecule has 22 heavy (non-hydrogen) atoms. The topological polar surface area (TPSA) is 55.4 Å². The van der Waals surface area contributed by atoms with E-state index in [4.69, 9.17) is 16.3 Å². The quantitative estimate of drug-likeness (QED) is 0.874. The molecule has 0 fully saturated rings. The van der Waals surface area contributed by atoms with Gasteiger partial charge in [-0.15, -0.1) is 0 Å². The summed E-state index contributed by atoms with van der Waals surface area (Å²) in [6.07, 6.45) is 0. The molecule has 0 spiro atoms. The molecule has 2 aromatic rings. The molecule has 0 aromatic heterocycles. The van der Waals surface area contributed by atoms with E-state index in [0.29, 0.717) is 10.7 Å². The van der Waals surface area contributed by atoms with Crippen LogP contribution in [0.4, 0.5) is 5.69 Å². The summed E-state index contributed by atoms with van der Waals surface area (Å²) in [6.45, 7) is 3.53. The van der Waals surface area contributed by atoms with Crippen LogP contribution in [-0.2, 0) is 9.53 Å². The summed E-state index contributed by atoms with van der Waals surface area (Å²) in [5, 5.41) is 2.99. The first-order chi connectivity index (χ1) is 10.5. The smallest absolute Gasteiger partial charge is 0.340 e. The summed E-state index contributed by atoms with van der Waals surface area (Å²) in [4.78, 5) is 23.7. The molecular weight excluding hydrogens is 302 g/mol. The largest absolute Gasteiger partial charge is 0.452 e. The maximum absolute atomic E-state index is 11.8. The van der Waals surface area contributed by atoms with Crippen LogP contribution in [0.2, 0.25) is 5.02 Å². The molecule has 0 heterocycles. The third kappa shape index (κ3) is 4.33. The van der Waals surface area contributed by atoms with Crippen molar-refractivity contribution in [1.82, 2.24) is 0 Å². The minimum absolute atomic E-state index is 0.239. The molecule has 0 saturated carbocycles. The van der Waals surface area contributed by atoms with Gasteiger partial charge in [0.05, 0.1) is 10.6 Å². The molecule has 0 bridgehead atoms. The lowest BCUT2D eigenvalue weighted by Crippen LogP contribution is -2.21. The molecule has 4 nitrogen and oxygen atoms in total. The summed E-state index contributed by atoms with van der Waals surface area (Å²) in [5.74, 6) is -1.02. The van der Waals surface area contributed by atoms with Crippen LogP contribution < -0.4 is 5.32 Å². The van der Waals surface area contributed by atoms with E-state index < -0.39 is 11.9 Å². The Balaban J connectivity index is 1.93. The molecule has 0 aliphatic carbocycles. The third-order valence-electron chi connectivity index (χ3n) is 2.93. The number of carbonyl (C=O) groups excluding carboxylic acids is 2. The van der Waals surface area contributed by atoms with Crippen LogP contribution in [0.15, 0.2) is 42.5 Å². The number of nitrogens with one attached hydrogen (secondary N) is 1. The summed E-state index contributed by atoms with van der Waals surface area (Å²) in [5.41, 5.74) is 3.01. The molecule has 2 rings (SSSR count). The van der Waals surface area contributed by atoms with E-state index in [0.717, 1.165) is 11.1 Å². The highest BCUT2D eigenvalue weighted by molar-refractivity contribution is 6.33. The maximum atomic E-state index is 11.8. The summed E-state index contributed by atoms with van der Waals surface area (Å²) in [6, 6.07) is 12.2. The van der Waals surface area contributed by atoms with E-state index in [2.05, 4.69) is 5.32 Å². The normalized spacial score (nSPS) is 10.1. The Morgan fingerprint density at radius 3 is 2.36 bits per heavy atom. The number of carbonyl (C=O) groups is 2. The molecule has 0 saturated heterocycles. The molecule has 114 valence electrons. The van der Waals surface area contributed by atoms with E-state index in [9.17, 15) is 9.59 Å². The number of hydrogen-bond acceptors (Lipinski definition) is 3. The van der Waals surface area contributed by atoms with Gasteiger partial charge >= 0.3 is 5.97 Å². The van der Waals surface area contributed by atoms with Crippen LogP contribution in [0.1, 0.15) is 21.5 Å². The van der Waals surface area contributed by atoms with Crippen molar-refractivity contribution in [3.63, 3.8) is 0 Å². The minimum Gasteiger partial charge on any atom is -0.452 e. The van der Waals surface area contributed by atoms with Crippen LogP contribution in [0.3, 0.4) is 0 Å². The first-order valence-corrected chi connectivity index (χ1v) is 7.13. The van der Waals surface area contributed by atoms with Crippen molar-refractivity contribution in [3.05, 3.63) is 64.2 Å². The Hall–Kier alpha value is -2.33. The lowest BCUT2D eigenvalue weighted by molar-refractivity contribution is -0.119. The number of hydrogen-bond donors (Lipinski definition) is 1. The Kier molecular flexibility index (Phi) is 5.17. The standard InChI is InChI=1S/C17H16ClNO3/c1-11-7-12(2)9-13(8-11)19-16(20)10-22-17(21)14-5-3-4-6-15(14)18/h3-9H,10H2,1-2H3,(H,19,20). The molecule has 1 N–H and O–H groups in total. The fourth-order valence-electron chi connectivity index (χ4n) is 2.08. The van der Waals surface area contributed by atoms with E-state index in [1.165, 1.54) is 0 Å². The van der Waals surface area contributed by atoms with Gasteiger partial charge in [-0.05, 0) is 49.2 Å². The molecule has 0 aliphatic rings. The number of rotatable bonds is 4. The molecule has 1 amide bonds. The lowest BCUT2D eigenvalue weighted by atomic mass is 10.1. The zero-order valence-corrected chi connectivity index (χ0v) is 13.1. The highest BCUT2D eigenvalue weighted by Crippen LogP contribution is 2.16. The number of ether oxygens (including phenoxy) is 1. The zero-order valence-electron chi connectivity index (χ0n) is 12.4. The van der Waals surface area contributed by atoms with Gasteiger partial charge in [0.2, 0.25) is 0 Å². The van der Waals surface area contributed by atoms with Crippen molar-refractivity contribution in [3.8, 4) is 0 Å². The van der Waals surface area contributed by atoms with Crippen LogP contribution in [-0.4, -0.2) is 18.5 Å². The molecule has 5 heteroatoms. The Labute approximate surface area is 134 Å². The fraction of sp³-hybridized carbons (Fsp3) is 0.176. The van der Waals surface area contributed by atoms with Gasteiger partial charge in [-0.3, -0.25) is 4.79 Å². The number of halogens is 1. The van der Waals surface area contributed by atoms with Crippen molar-refractivity contribution in [1.29, 1.82) is 0 Å². The summed E-state index contributed by atoms with van der Waals surface area (Å²) >= 11 is 5.90. The number of amides is 1. The Morgan fingerprint density at radius 2 is 1.73 bits per heavy atom. The zero-order chi connectivity index (χ0) is 16.1. The van der Waals surface area contributed by atoms with E-state index >= 15 is 0 Å². The Bertz CT molecular complexity index is 693. The number of esters is 1. The third-order valence-corrected chi connectivity index (χ3v) is 3.26. The maximum Gasteiger partial charge on any atom is 0.340 e. The second-order valence-electron chi connectivity index (χ2n) is 4.98. The van der Waals surface area contributed by atoms with Gasteiger partial charge in [0.25, 0.3) is 5.91 Å². The molecule has 0 radical (unpaired) electrons. The second-order valence-corrected chi connectivity index (χ2v) is 5.39. The summed E-state index contributed by atoms with van der Waals surface area (Å²) in [7, 11) is 0. The van der Waals surface area contributed by atoms with E-state index in [1.807, 2.05) is 32.0 Å². The first-order valence-electron chi connectivity index (χ1n) is 6.75. The first kappa shape index (κ1) is 16.0. The van der Waals surface area contributed by atoms with Crippen molar-refractivity contribution in [2.45, 2.75) is 13.8 Å². The van der Waals surface area contributed by atoms with Crippen LogP contribution in [0, 0.1) is 13.8 Å². The highest BCUT2D eigenvalue weighted by Gasteiger charge is 2.13. The van der Waals surface area contributed by atoms with E-state index in [1.54, 1.807) is 24.3 Å². The van der Waals surface area contributed by atoms with Crippen LogP contribution >= 0.6 is 11.6 Å². The van der Waals surface area contributed by atoms with Gasteiger partial charge in [0.1, 0.15) is 0 Å². The van der Waals surface area contributed by atoms with Gasteiger partial charge in [-0.25, -0.2) is 4.79 Å². The number of anilines is 1. The predicted molar refractivity (Wildman–Crippen MR) is 86.3 cm³/mol. The van der Waals surface area contributed by atoms with Crippen molar-refractivity contribution >= 4 is 29.2 Å². The molecular formula is C17H16ClNO3. The second kappa shape index (κ2) is 7.09. The predicted octanol–water partition coefficient (Wildman–Crippen LogP) is 3.75. The van der Waals surface area contributed by atoms with Gasteiger partial charge in [-0.2, -0.15) is 0 Å². The van der Waals surface area contributed by atoms with Gasteiger partial charge in [0, 0.05) is 5.69 Å². The number of aryl methyl sites for hydroxylation is 2. The van der Waals surface area contributed by atoms with Gasteiger partial charge < -0.3 is 10.1 Å². The van der Waals surface area contributed by atoms with Crippen molar-refractivity contribution < 1.29 is 14.3 Å². The Morgan fingerprint density at radius 1 is 1.09 bits per heavy atom. The fourth-order valence-corrected chi connectivity index (χ4v) is 2.29. The molecule has 2 aromatic carbocycles. The van der Waals surface area contributed by atoms with Crippen LogP contribution in [0.5, 0.6) is 0 Å². The monoisotopic (exact) mass is 317 g/mol. The van der Waals surface area contributed by atoms with Crippen molar-refractivity contribution in [2.75, 3.05) is 11.9 Å². The molecule has 0 atom stereocenters. The van der Waals surface area contributed by atoms with Crippen molar-refractivity contribution in [2.24, 2.45) is 0 Å². The molecule has 0 aliphatic heterocycles. The SMILES string of the molecule is Cc1cc(C)cc(NC(=O)COC(=O)c2ccccc2Cl)c1. The minimum atomic E-state index is -0.624. The number of benzene rings is 2.